The maximum atomic E-state index is 13.3. The second kappa shape index (κ2) is 9.87. The molecular formula is C22H25N5O6S. The fourth-order valence-corrected chi connectivity index (χ4v) is 5.40. The third-order valence-electron chi connectivity index (χ3n) is 5.65. The number of fused-ring (bicyclic) bond motifs is 1. The third-order valence-corrected chi connectivity index (χ3v) is 7.58. The summed E-state index contributed by atoms with van der Waals surface area (Å²) in [6, 6.07) is 10.7. The number of aryl methyl sites for hydroxylation is 1. The number of hydrogen-bond acceptors (Lipinski definition) is 8. The van der Waals surface area contributed by atoms with E-state index < -0.39 is 14.9 Å². The summed E-state index contributed by atoms with van der Waals surface area (Å²) >= 11 is 0. The number of nitro groups is 1. The van der Waals surface area contributed by atoms with Gasteiger partial charge in [-0.3, -0.25) is 10.1 Å². The summed E-state index contributed by atoms with van der Waals surface area (Å²) in [5.41, 5.74) is 0.568. The van der Waals surface area contributed by atoms with Crippen LogP contribution in [0.25, 0.3) is 10.9 Å². The van der Waals surface area contributed by atoms with E-state index in [0.29, 0.717) is 11.9 Å². The fraction of sp³-hybridized carbons (Fsp3) is 0.364. The second-order valence-electron chi connectivity index (χ2n) is 7.82. The van der Waals surface area contributed by atoms with Crippen molar-refractivity contribution in [2.75, 3.05) is 26.3 Å². The summed E-state index contributed by atoms with van der Waals surface area (Å²) in [6.07, 6.45) is 1.79. The second-order valence-corrected chi connectivity index (χ2v) is 9.73. The van der Waals surface area contributed by atoms with Crippen molar-refractivity contribution >= 4 is 38.0 Å². The molecular weight excluding hydrogens is 462 g/mol. The van der Waals surface area contributed by atoms with Crippen LogP contribution in [-0.4, -0.2) is 53.6 Å². The Kier molecular flexibility index (Phi) is 6.91. The van der Waals surface area contributed by atoms with Crippen molar-refractivity contribution in [3.05, 3.63) is 52.6 Å². The molecule has 34 heavy (non-hydrogen) atoms. The number of ether oxygens (including phenoxy) is 1. The van der Waals surface area contributed by atoms with Crippen LogP contribution in [0.5, 0.6) is 5.88 Å². The lowest BCUT2D eigenvalue weighted by molar-refractivity contribution is -0.385. The summed E-state index contributed by atoms with van der Waals surface area (Å²) in [6.45, 7) is 3.37. The summed E-state index contributed by atoms with van der Waals surface area (Å²) < 4.78 is 34.8. The number of benzene rings is 2. The Morgan fingerprint density at radius 2 is 1.88 bits per heavy atom. The molecule has 1 N–H and O–H groups in total. The molecule has 2 heterocycles. The quantitative estimate of drug-likeness (QED) is 0.282. The smallest absolute Gasteiger partial charge is 0.270 e. The van der Waals surface area contributed by atoms with Crippen LogP contribution in [0.15, 0.2) is 57.6 Å². The average molecular weight is 488 g/mol. The van der Waals surface area contributed by atoms with Gasteiger partial charge < -0.3 is 14.4 Å². The van der Waals surface area contributed by atoms with Crippen molar-refractivity contribution in [1.82, 2.24) is 8.87 Å². The molecule has 3 aromatic rings. The van der Waals surface area contributed by atoms with Crippen LogP contribution in [0, 0.1) is 10.1 Å². The molecule has 0 saturated carbocycles. The van der Waals surface area contributed by atoms with Crippen LogP contribution < -0.4 is 0 Å². The monoisotopic (exact) mass is 487 g/mol. The Morgan fingerprint density at radius 3 is 2.59 bits per heavy atom. The van der Waals surface area contributed by atoms with Gasteiger partial charge in [-0.2, -0.15) is 4.31 Å². The predicted molar refractivity (Wildman–Crippen MR) is 125 cm³/mol. The molecule has 0 atom stereocenters. The Morgan fingerprint density at radius 1 is 1.15 bits per heavy atom. The highest BCUT2D eigenvalue weighted by atomic mass is 32.2. The highest BCUT2D eigenvalue weighted by molar-refractivity contribution is 7.89. The van der Waals surface area contributed by atoms with Gasteiger partial charge in [0.25, 0.3) is 5.69 Å². The van der Waals surface area contributed by atoms with E-state index in [2.05, 4.69) is 10.2 Å². The average Bonchev–Trinajstić information content (AvgIpc) is 3.12. The fourth-order valence-electron chi connectivity index (χ4n) is 3.85. The van der Waals surface area contributed by atoms with Crippen LogP contribution in [0.1, 0.15) is 19.8 Å². The highest BCUT2D eigenvalue weighted by Crippen LogP contribution is 2.40. The van der Waals surface area contributed by atoms with E-state index >= 15 is 0 Å². The normalized spacial score (nSPS) is 15.3. The Bertz CT molecular complexity index is 1350. The molecule has 1 aliphatic heterocycles. The van der Waals surface area contributed by atoms with Crippen LogP contribution in [0.4, 0.5) is 17.1 Å². The predicted octanol–water partition coefficient (Wildman–Crippen LogP) is 4.49. The lowest BCUT2D eigenvalue weighted by Gasteiger charge is -2.26. The number of nitrogens with zero attached hydrogens (tertiary/aromatic N) is 5. The van der Waals surface area contributed by atoms with Crippen molar-refractivity contribution in [2.24, 2.45) is 10.2 Å². The highest BCUT2D eigenvalue weighted by Gasteiger charge is 2.30. The number of azo groups is 1. The maximum Gasteiger partial charge on any atom is 0.270 e. The number of rotatable bonds is 8. The zero-order chi connectivity index (χ0) is 24.3. The minimum absolute atomic E-state index is 0.0538. The minimum atomic E-state index is -4.09. The van der Waals surface area contributed by atoms with Crippen molar-refractivity contribution < 1.29 is 23.2 Å². The summed E-state index contributed by atoms with van der Waals surface area (Å²) in [5.74, 6) is -0.0714. The van der Waals surface area contributed by atoms with Gasteiger partial charge in [-0.1, -0.05) is 31.5 Å². The van der Waals surface area contributed by atoms with Gasteiger partial charge in [-0.15, -0.1) is 10.2 Å². The molecule has 0 amide bonds. The van der Waals surface area contributed by atoms with Gasteiger partial charge in [-0.05, 0) is 18.6 Å². The van der Waals surface area contributed by atoms with Gasteiger partial charge in [0.05, 0.1) is 23.7 Å². The molecule has 2 aromatic carbocycles. The topological polar surface area (TPSA) is 140 Å². The first-order valence-corrected chi connectivity index (χ1v) is 12.4. The molecule has 1 aliphatic rings. The van der Waals surface area contributed by atoms with Gasteiger partial charge in [0.2, 0.25) is 15.9 Å². The van der Waals surface area contributed by atoms with Crippen LogP contribution >= 0.6 is 0 Å². The number of aromatic nitrogens is 1. The van der Waals surface area contributed by atoms with Gasteiger partial charge in [0.1, 0.15) is 10.6 Å². The van der Waals surface area contributed by atoms with E-state index in [4.69, 9.17) is 4.74 Å². The van der Waals surface area contributed by atoms with Crippen molar-refractivity contribution in [1.29, 1.82) is 0 Å². The van der Waals surface area contributed by atoms with E-state index in [0.717, 1.165) is 24.4 Å². The number of hydrogen-bond donors (Lipinski definition) is 1. The number of non-ortho nitro benzene ring substituents is 1. The summed E-state index contributed by atoms with van der Waals surface area (Å²) in [4.78, 5) is 10.3. The SMILES string of the molecule is CCCCn1c(O)c(N=Nc2ccc([N+](=O)[O-])cc2S(=O)(=O)N2CCOCC2)c2ccccc21. The van der Waals surface area contributed by atoms with E-state index in [1.807, 2.05) is 25.1 Å². The molecule has 11 nitrogen and oxygen atoms in total. The van der Waals surface area contributed by atoms with Gasteiger partial charge in [-0.25, -0.2) is 8.42 Å². The molecule has 12 heteroatoms. The summed E-state index contributed by atoms with van der Waals surface area (Å²) in [7, 11) is -4.09. The molecule has 0 unspecified atom stereocenters. The number of aromatic hydroxyl groups is 1. The number of morpholine rings is 1. The molecule has 180 valence electrons. The third kappa shape index (κ3) is 4.52. The Balaban J connectivity index is 1.81. The first kappa shape index (κ1) is 23.8. The number of para-hydroxylation sites is 1. The van der Waals surface area contributed by atoms with Crippen molar-refractivity contribution in [3.8, 4) is 5.88 Å². The minimum Gasteiger partial charge on any atom is -0.493 e. The molecule has 1 aromatic heterocycles. The summed E-state index contributed by atoms with van der Waals surface area (Å²) in [5, 5.41) is 31.2. The van der Waals surface area contributed by atoms with E-state index in [1.54, 1.807) is 10.6 Å². The molecule has 0 spiro atoms. The zero-order valence-corrected chi connectivity index (χ0v) is 19.4. The largest absolute Gasteiger partial charge is 0.493 e. The van der Waals surface area contributed by atoms with E-state index in [1.165, 1.54) is 16.4 Å². The lowest BCUT2D eigenvalue weighted by atomic mass is 10.2. The van der Waals surface area contributed by atoms with E-state index in [-0.39, 0.29) is 54.1 Å². The Hall–Kier alpha value is -3.35. The molecule has 0 radical (unpaired) electrons. The van der Waals surface area contributed by atoms with Crippen LogP contribution in [0.2, 0.25) is 0 Å². The molecule has 1 fully saturated rings. The lowest BCUT2D eigenvalue weighted by Crippen LogP contribution is -2.40. The Labute approximate surface area is 196 Å². The van der Waals surface area contributed by atoms with Gasteiger partial charge >= 0.3 is 0 Å². The van der Waals surface area contributed by atoms with Gasteiger partial charge in [0.15, 0.2) is 5.69 Å². The van der Waals surface area contributed by atoms with Gasteiger partial charge in [0, 0.05) is 37.2 Å². The number of sulfonamides is 1. The van der Waals surface area contributed by atoms with Crippen LogP contribution in [0.3, 0.4) is 0 Å². The van der Waals surface area contributed by atoms with E-state index in [9.17, 15) is 23.6 Å². The standard InChI is InChI=1S/C22H25N5O6S/c1-2-3-10-26-19-7-5-4-6-17(19)21(22(26)28)24-23-18-9-8-16(27(29)30)15-20(18)34(31,32)25-11-13-33-14-12-25/h4-9,15,28H,2-3,10-14H2,1H3. The first-order chi connectivity index (χ1) is 16.3. The number of unbranched alkanes of at least 4 members (excludes halogenated alkanes) is 1. The number of nitro benzene ring substituents is 1. The molecule has 4 rings (SSSR count). The van der Waals surface area contributed by atoms with Crippen LogP contribution in [-0.2, 0) is 21.3 Å². The van der Waals surface area contributed by atoms with Crippen molar-refractivity contribution in [2.45, 2.75) is 31.2 Å². The zero-order valence-electron chi connectivity index (χ0n) is 18.6. The first-order valence-electron chi connectivity index (χ1n) is 10.9. The molecule has 0 aliphatic carbocycles. The maximum absolute atomic E-state index is 13.3. The molecule has 1 saturated heterocycles. The molecule has 0 bridgehead atoms. The van der Waals surface area contributed by atoms with Crippen molar-refractivity contribution in [3.63, 3.8) is 0 Å².